The van der Waals surface area contributed by atoms with Crippen LogP contribution in [0.1, 0.15) is 44.5 Å². The Morgan fingerprint density at radius 1 is 1.28 bits per heavy atom. The van der Waals surface area contributed by atoms with Crippen molar-refractivity contribution in [3.8, 4) is 11.3 Å². The molecule has 0 atom stereocenters. The summed E-state index contributed by atoms with van der Waals surface area (Å²) < 4.78 is 19.3. The van der Waals surface area contributed by atoms with Gasteiger partial charge in [0.2, 0.25) is 0 Å². The fourth-order valence-corrected chi connectivity index (χ4v) is 3.89. The predicted octanol–water partition coefficient (Wildman–Crippen LogP) is 5.06. The number of hydrogen-bond acceptors (Lipinski definition) is 4. The maximum atomic E-state index is 13.9. The number of carbonyl (C=O) groups excluding carboxylic acids is 1. The molecule has 6 heteroatoms. The normalized spacial score (nSPS) is 16.1. The van der Waals surface area contributed by atoms with Gasteiger partial charge in [0, 0.05) is 30.0 Å². The van der Waals surface area contributed by atoms with Gasteiger partial charge in [0.05, 0.1) is 10.7 Å². The van der Waals surface area contributed by atoms with Gasteiger partial charge in [-0.3, -0.25) is 0 Å². The van der Waals surface area contributed by atoms with E-state index >= 15 is 0 Å². The third-order valence-electron chi connectivity index (χ3n) is 4.17. The second-order valence-electron chi connectivity index (χ2n) is 7.29. The minimum absolute atomic E-state index is 0.251. The molecule has 1 aromatic heterocycles. The van der Waals surface area contributed by atoms with Gasteiger partial charge in [-0.05, 0) is 45.7 Å². The molecule has 2 heterocycles. The number of aromatic nitrogens is 1. The van der Waals surface area contributed by atoms with Gasteiger partial charge in [0.25, 0.3) is 0 Å². The molecule has 0 radical (unpaired) electrons. The standard InChI is InChI=1S/C19H23FN2O2S/c1-19(2,3)24-18(23)22-10-8-13(9-11-22)17-21-16(12-25-17)14-6-4-5-7-15(14)20/h4-7,12-13H,8-11H2,1-3H3. The second kappa shape index (κ2) is 7.12. The van der Waals surface area contributed by atoms with Crippen LogP contribution in [0.15, 0.2) is 29.6 Å². The van der Waals surface area contributed by atoms with E-state index in [4.69, 9.17) is 4.74 Å². The summed E-state index contributed by atoms with van der Waals surface area (Å²) in [6, 6.07) is 6.70. The largest absolute Gasteiger partial charge is 0.444 e. The van der Waals surface area contributed by atoms with E-state index in [9.17, 15) is 9.18 Å². The van der Waals surface area contributed by atoms with Gasteiger partial charge in [-0.2, -0.15) is 0 Å². The third-order valence-corrected chi connectivity index (χ3v) is 5.17. The molecule has 2 aromatic rings. The highest BCUT2D eigenvalue weighted by Crippen LogP contribution is 2.33. The number of benzene rings is 1. The van der Waals surface area contributed by atoms with Crippen LogP contribution in [0.25, 0.3) is 11.3 Å². The Balaban J connectivity index is 1.63. The SMILES string of the molecule is CC(C)(C)OC(=O)N1CCC(c2nc(-c3ccccc3F)cs2)CC1. The highest BCUT2D eigenvalue weighted by Gasteiger charge is 2.28. The van der Waals surface area contributed by atoms with Crippen LogP contribution in [0.3, 0.4) is 0 Å². The zero-order chi connectivity index (χ0) is 18.0. The minimum atomic E-state index is -0.474. The topological polar surface area (TPSA) is 42.4 Å². The van der Waals surface area contributed by atoms with E-state index in [0.29, 0.717) is 30.3 Å². The zero-order valence-electron chi connectivity index (χ0n) is 14.8. The number of amides is 1. The Morgan fingerprint density at radius 3 is 2.60 bits per heavy atom. The van der Waals surface area contributed by atoms with E-state index in [1.54, 1.807) is 28.4 Å². The predicted molar refractivity (Wildman–Crippen MR) is 97.3 cm³/mol. The number of ether oxygens (including phenoxy) is 1. The molecule has 0 spiro atoms. The molecule has 1 saturated heterocycles. The summed E-state index contributed by atoms with van der Waals surface area (Å²) in [4.78, 5) is 18.5. The first-order valence-corrected chi connectivity index (χ1v) is 9.40. The van der Waals surface area contributed by atoms with E-state index in [0.717, 1.165) is 17.8 Å². The number of rotatable bonds is 2. The van der Waals surface area contributed by atoms with Crippen LogP contribution in [0, 0.1) is 5.82 Å². The number of hydrogen-bond donors (Lipinski definition) is 0. The van der Waals surface area contributed by atoms with Crippen LogP contribution in [-0.4, -0.2) is 34.7 Å². The van der Waals surface area contributed by atoms with Crippen molar-refractivity contribution in [3.05, 3.63) is 40.5 Å². The Kier molecular flexibility index (Phi) is 5.08. The van der Waals surface area contributed by atoms with Gasteiger partial charge in [0.1, 0.15) is 11.4 Å². The molecule has 25 heavy (non-hydrogen) atoms. The molecule has 0 saturated carbocycles. The molecule has 134 valence electrons. The Labute approximate surface area is 151 Å². The molecule has 0 unspecified atom stereocenters. The molecule has 0 aliphatic carbocycles. The Hall–Kier alpha value is -1.95. The lowest BCUT2D eigenvalue weighted by Gasteiger charge is -2.32. The average molecular weight is 362 g/mol. The molecule has 1 amide bonds. The summed E-state index contributed by atoms with van der Waals surface area (Å²) in [5.74, 6) is 0.0586. The highest BCUT2D eigenvalue weighted by atomic mass is 32.1. The lowest BCUT2D eigenvalue weighted by atomic mass is 9.98. The van der Waals surface area contributed by atoms with Gasteiger partial charge < -0.3 is 9.64 Å². The highest BCUT2D eigenvalue weighted by molar-refractivity contribution is 7.10. The number of thiazole rings is 1. The van der Waals surface area contributed by atoms with Crippen LogP contribution >= 0.6 is 11.3 Å². The van der Waals surface area contributed by atoms with E-state index < -0.39 is 5.60 Å². The number of nitrogens with zero attached hydrogens (tertiary/aromatic N) is 2. The van der Waals surface area contributed by atoms with Crippen molar-refractivity contribution in [3.63, 3.8) is 0 Å². The minimum Gasteiger partial charge on any atom is -0.444 e. The zero-order valence-corrected chi connectivity index (χ0v) is 15.6. The summed E-state index contributed by atoms with van der Waals surface area (Å²) in [6.45, 7) is 6.94. The maximum Gasteiger partial charge on any atom is 0.410 e. The molecular formula is C19H23FN2O2S. The quantitative estimate of drug-likeness (QED) is 0.749. The number of carbonyl (C=O) groups is 1. The molecule has 1 aliphatic rings. The lowest BCUT2D eigenvalue weighted by Crippen LogP contribution is -2.41. The first kappa shape index (κ1) is 17.9. The van der Waals surface area contributed by atoms with Crippen molar-refractivity contribution < 1.29 is 13.9 Å². The third kappa shape index (κ3) is 4.37. The molecule has 1 fully saturated rings. The molecule has 4 nitrogen and oxygen atoms in total. The number of likely N-dealkylation sites (tertiary alicyclic amines) is 1. The van der Waals surface area contributed by atoms with Crippen molar-refractivity contribution in [2.45, 2.75) is 45.1 Å². The molecule has 0 bridgehead atoms. The van der Waals surface area contributed by atoms with Gasteiger partial charge in [0.15, 0.2) is 0 Å². The average Bonchev–Trinajstić information content (AvgIpc) is 3.03. The van der Waals surface area contributed by atoms with Crippen LogP contribution in [0.5, 0.6) is 0 Å². The van der Waals surface area contributed by atoms with Gasteiger partial charge in [-0.1, -0.05) is 12.1 Å². The number of halogens is 1. The molecule has 1 aromatic carbocycles. The van der Waals surface area contributed by atoms with Gasteiger partial charge >= 0.3 is 6.09 Å². The summed E-state index contributed by atoms with van der Waals surface area (Å²) in [5.41, 5.74) is 0.751. The molecule has 0 N–H and O–H groups in total. The van der Waals surface area contributed by atoms with Crippen molar-refractivity contribution in [1.82, 2.24) is 9.88 Å². The second-order valence-corrected chi connectivity index (χ2v) is 8.18. The summed E-state index contributed by atoms with van der Waals surface area (Å²) in [5, 5.41) is 2.93. The fraction of sp³-hybridized carbons (Fsp3) is 0.474. The van der Waals surface area contributed by atoms with Crippen molar-refractivity contribution in [2.75, 3.05) is 13.1 Å². The van der Waals surface area contributed by atoms with E-state index in [-0.39, 0.29) is 11.9 Å². The monoisotopic (exact) mass is 362 g/mol. The Morgan fingerprint density at radius 2 is 1.96 bits per heavy atom. The molecule has 1 aliphatic heterocycles. The van der Waals surface area contributed by atoms with Crippen molar-refractivity contribution in [1.29, 1.82) is 0 Å². The smallest absolute Gasteiger partial charge is 0.410 e. The van der Waals surface area contributed by atoms with Crippen LogP contribution in [-0.2, 0) is 4.74 Å². The Bertz CT molecular complexity index is 746. The van der Waals surface area contributed by atoms with Crippen molar-refractivity contribution >= 4 is 17.4 Å². The maximum absolute atomic E-state index is 13.9. The molecule has 3 rings (SSSR count). The summed E-state index contributed by atoms with van der Waals surface area (Å²) >= 11 is 1.57. The number of piperidine rings is 1. The summed E-state index contributed by atoms with van der Waals surface area (Å²) in [6.07, 6.45) is 1.45. The van der Waals surface area contributed by atoms with E-state index in [2.05, 4.69) is 4.98 Å². The van der Waals surface area contributed by atoms with Gasteiger partial charge in [-0.25, -0.2) is 14.2 Å². The van der Waals surface area contributed by atoms with Crippen LogP contribution in [0.4, 0.5) is 9.18 Å². The summed E-state index contributed by atoms with van der Waals surface area (Å²) in [7, 11) is 0. The first-order chi connectivity index (χ1) is 11.8. The van der Waals surface area contributed by atoms with E-state index in [1.165, 1.54) is 6.07 Å². The van der Waals surface area contributed by atoms with Crippen molar-refractivity contribution in [2.24, 2.45) is 0 Å². The lowest BCUT2D eigenvalue weighted by molar-refractivity contribution is 0.0205. The van der Waals surface area contributed by atoms with Crippen LogP contribution in [0.2, 0.25) is 0 Å². The molecular weight excluding hydrogens is 339 g/mol. The fourth-order valence-electron chi connectivity index (χ4n) is 2.90. The van der Waals surface area contributed by atoms with Crippen LogP contribution < -0.4 is 0 Å². The van der Waals surface area contributed by atoms with E-state index in [1.807, 2.05) is 32.2 Å². The van der Waals surface area contributed by atoms with Gasteiger partial charge in [-0.15, -0.1) is 11.3 Å². The first-order valence-electron chi connectivity index (χ1n) is 8.52.